The molecule has 0 bridgehead atoms. The second-order valence-electron chi connectivity index (χ2n) is 3.86. The maximum Gasteiger partial charge on any atom is 0.321 e. The minimum atomic E-state index is -4.04. The van der Waals surface area contributed by atoms with E-state index in [0.717, 1.165) is 0 Å². The molecule has 0 aliphatic carbocycles. The van der Waals surface area contributed by atoms with Crippen LogP contribution < -0.4 is 10.4 Å². The highest BCUT2D eigenvalue weighted by atomic mass is 31.2. The Balaban J connectivity index is 2.81. The third-order valence-corrected chi connectivity index (χ3v) is 4.04. The Kier molecular flexibility index (Phi) is 5.23. The van der Waals surface area contributed by atoms with E-state index in [0.29, 0.717) is 0 Å². The van der Waals surface area contributed by atoms with Crippen molar-refractivity contribution in [3.63, 3.8) is 0 Å². The molecule has 0 saturated carbocycles. The van der Waals surface area contributed by atoms with Crippen molar-refractivity contribution in [3.05, 3.63) is 30.3 Å². The molecular weight excluding hydrogens is 273 g/mol. The molecular formula is C11H14NO6P. The fraction of sp³-hybridized carbons (Fsp3) is 0.273. The van der Waals surface area contributed by atoms with E-state index >= 15 is 0 Å². The summed E-state index contributed by atoms with van der Waals surface area (Å²) in [7, 11) is -4.04. The van der Waals surface area contributed by atoms with E-state index in [2.05, 4.69) is 5.09 Å². The summed E-state index contributed by atoms with van der Waals surface area (Å²) in [5, 5.41) is 19.6. The van der Waals surface area contributed by atoms with E-state index in [9.17, 15) is 19.0 Å². The summed E-state index contributed by atoms with van der Waals surface area (Å²) >= 11 is 0. The lowest BCUT2D eigenvalue weighted by Crippen LogP contribution is -2.37. The molecule has 0 radical (unpaired) electrons. The van der Waals surface area contributed by atoms with Crippen LogP contribution in [-0.4, -0.2) is 33.1 Å². The average molecular weight is 287 g/mol. The van der Waals surface area contributed by atoms with Crippen LogP contribution in [0.5, 0.6) is 0 Å². The Bertz CT molecular complexity index is 503. The normalized spacial score (nSPS) is 15.4. The number of carboxylic acids is 2. The van der Waals surface area contributed by atoms with E-state index in [1.807, 2.05) is 0 Å². The molecule has 19 heavy (non-hydrogen) atoms. The molecule has 1 aromatic rings. The third kappa shape index (κ3) is 4.82. The van der Waals surface area contributed by atoms with Gasteiger partial charge in [-0.05, 0) is 18.6 Å². The monoisotopic (exact) mass is 287 g/mol. The van der Waals surface area contributed by atoms with E-state index in [1.54, 1.807) is 18.2 Å². The van der Waals surface area contributed by atoms with Crippen LogP contribution in [0, 0.1) is 0 Å². The topological polar surface area (TPSA) is 124 Å². The maximum absolute atomic E-state index is 12.0. The molecule has 0 fully saturated rings. The summed E-state index contributed by atoms with van der Waals surface area (Å²) < 4.78 is 12.0. The molecule has 4 N–H and O–H groups in total. The Morgan fingerprint density at radius 2 is 1.79 bits per heavy atom. The number of carbonyl (C=O) groups is 2. The van der Waals surface area contributed by atoms with Gasteiger partial charge in [0.1, 0.15) is 6.04 Å². The molecule has 0 spiro atoms. The summed E-state index contributed by atoms with van der Waals surface area (Å²) in [6, 6.07) is 6.14. The second kappa shape index (κ2) is 6.47. The zero-order valence-corrected chi connectivity index (χ0v) is 10.8. The van der Waals surface area contributed by atoms with Crippen molar-refractivity contribution in [1.29, 1.82) is 0 Å². The number of nitrogens with one attached hydrogen (secondary N) is 1. The van der Waals surface area contributed by atoms with Crippen LogP contribution in [0.2, 0.25) is 0 Å². The van der Waals surface area contributed by atoms with E-state index in [-0.39, 0.29) is 11.7 Å². The molecule has 0 aliphatic rings. The molecule has 0 aliphatic heterocycles. The van der Waals surface area contributed by atoms with Crippen molar-refractivity contribution >= 4 is 24.8 Å². The smallest absolute Gasteiger partial charge is 0.321 e. The van der Waals surface area contributed by atoms with Gasteiger partial charge >= 0.3 is 11.9 Å². The van der Waals surface area contributed by atoms with Crippen LogP contribution in [-0.2, 0) is 14.2 Å². The SMILES string of the molecule is O=C(O)CC[C@H](NP(=O)(O)c1ccccc1)C(=O)O. The Morgan fingerprint density at radius 1 is 1.21 bits per heavy atom. The van der Waals surface area contributed by atoms with Gasteiger partial charge in [0.15, 0.2) is 0 Å². The van der Waals surface area contributed by atoms with Gasteiger partial charge in [0.2, 0.25) is 0 Å². The maximum atomic E-state index is 12.0. The van der Waals surface area contributed by atoms with Gasteiger partial charge in [0.25, 0.3) is 7.52 Å². The van der Waals surface area contributed by atoms with Crippen LogP contribution in [0.3, 0.4) is 0 Å². The van der Waals surface area contributed by atoms with Crippen LogP contribution in [0.1, 0.15) is 12.8 Å². The summed E-state index contributed by atoms with van der Waals surface area (Å²) in [6.07, 6.45) is -0.680. The van der Waals surface area contributed by atoms with Crippen molar-refractivity contribution in [3.8, 4) is 0 Å². The molecule has 0 aromatic heterocycles. The third-order valence-electron chi connectivity index (χ3n) is 2.38. The molecule has 8 heteroatoms. The first-order valence-electron chi connectivity index (χ1n) is 5.44. The van der Waals surface area contributed by atoms with Crippen molar-refractivity contribution in [2.24, 2.45) is 0 Å². The first-order valence-corrected chi connectivity index (χ1v) is 7.09. The van der Waals surface area contributed by atoms with Crippen molar-refractivity contribution in [1.82, 2.24) is 5.09 Å². The van der Waals surface area contributed by atoms with E-state index in [1.165, 1.54) is 12.1 Å². The summed E-state index contributed by atoms with van der Waals surface area (Å²) in [5.74, 6) is -2.54. The Hall–Kier alpha value is -1.69. The summed E-state index contributed by atoms with van der Waals surface area (Å²) in [4.78, 5) is 31.1. The Morgan fingerprint density at radius 3 is 2.26 bits per heavy atom. The first kappa shape index (κ1) is 15.4. The highest BCUT2D eigenvalue weighted by Gasteiger charge is 2.29. The van der Waals surface area contributed by atoms with Gasteiger partial charge in [0.05, 0.1) is 5.30 Å². The quantitative estimate of drug-likeness (QED) is 0.535. The molecule has 1 rings (SSSR count). The van der Waals surface area contributed by atoms with E-state index < -0.39 is 31.9 Å². The zero-order valence-electron chi connectivity index (χ0n) is 9.89. The van der Waals surface area contributed by atoms with Gasteiger partial charge in [-0.2, -0.15) is 0 Å². The van der Waals surface area contributed by atoms with Gasteiger partial charge in [-0.25, -0.2) is 5.09 Å². The van der Waals surface area contributed by atoms with Crippen LogP contribution >= 0.6 is 7.52 Å². The standard InChI is InChI=1S/C11H14NO6P/c13-10(14)7-6-9(11(15)16)12-19(17,18)8-4-2-1-3-5-8/h1-5,9H,6-7H2,(H,13,14)(H,15,16)(H2,12,17,18)/t9-/m0/s1. The number of rotatable bonds is 7. The van der Waals surface area contributed by atoms with Crippen molar-refractivity contribution < 1.29 is 29.3 Å². The van der Waals surface area contributed by atoms with Crippen molar-refractivity contribution in [2.75, 3.05) is 0 Å². The molecule has 7 nitrogen and oxygen atoms in total. The van der Waals surface area contributed by atoms with Gasteiger partial charge in [-0.15, -0.1) is 0 Å². The lowest BCUT2D eigenvalue weighted by molar-refractivity contribution is -0.140. The van der Waals surface area contributed by atoms with Crippen LogP contribution in [0.15, 0.2) is 30.3 Å². The summed E-state index contributed by atoms with van der Waals surface area (Å²) in [5.41, 5.74) is 0. The zero-order chi connectivity index (χ0) is 14.5. The number of benzene rings is 1. The number of hydrogen-bond acceptors (Lipinski definition) is 3. The van der Waals surface area contributed by atoms with Crippen molar-refractivity contribution in [2.45, 2.75) is 18.9 Å². The second-order valence-corrected chi connectivity index (χ2v) is 5.79. The number of hydrogen-bond donors (Lipinski definition) is 4. The highest BCUT2D eigenvalue weighted by Crippen LogP contribution is 2.35. The highest BCUT2D eigenvalue weighted by molar-refractivity contribution is 7.64. The molecule has 0 saturated heterocycles. The fourth-order valence-corrected chi connectivity index (χ4v) is 2.81. The minimum absolute atomic E-state index is 0.0663. The molecule has 104 valence electrons. The Labute approximate surface area is 109 Å². The van der Waals surface area contributed by atoms with Crippen LogP contribution in [0.4, 0.5) is 0 Å². The molecule has 0 heterocycles. The lowest BCUT2D eigenvalue weighted by atomic mass is 10.2. The molecule has 1 unspecified atom stereocenters. The van der Waals surface area contributed by atoms with E-state index in [4.69, 9.17) is 10.2 Å². The molecule has 1 aromatic carbocycles. The molecule has 0 amide bonds. The molecule has 2 atom stereocenters. The van der Waals surface area contributed by atoms with Gasteiger partial charge < -0.3 is 15.1 Å². The lowest BCUT2D eigenvalue weighted by Gasteiger charge is -2.18. The fourth-order valence-electron chi connectivity index (χ4n) is 1.43. The largest absolute Gasteiger partial charge is 0.481 e. The van der Waals surface area contributed by atoms with Gasteiger partial charge in [-0.1, -0.05) is 18.2 Å². The number of carboxylic acid groups (broad SMARTS) is 2. The van der Waals surface area contributed by atoms with Gasteiger partial charge in [-0.3, -0.25) is 14.2 Å². The average Bonchev–Trinajstić information content (AvgIpc) is 2.35. The minimum Gasteiger partial charge on any atom is -0.481 e. The summed E-state index contributed by atoms with van der Waals surface area (Å²) in [6.45, 7) is 0. The predicted molar refractivity (Wildman–Crippen MR) is 67.3 cm³/mol. The first-order chi connectivity index (χ1) is 8.83. The predicted octanol–water partition coefficient (Wildman–Crippen LogP) is 0.405. The van der Waals surface area contributed by atoms with Crippen LogP contribution in [0.25, 0.3) is 0 Å². The number of aliphatic carboxylic acids is 2. The van der Waals surface area contributed by atoms with Gasteiger partial charge in [0, 0.05) is 6.42 Å².